The van der Waals surface area contributed by atoms with Crippen LogP contribution in [0.25, 0.3) is 4.96 Å². The number of aromatic nitrogens is 2. The van der Waals surface area contributed by atoms with Crippen LogP contribution in [0.1, 0.15) is 15.2 Å². The third-order valence-corrected chi connectivity index (χ3v) is 4.09. The first-order chi connectivity index (χ1) is 9.78. The molecule has 0 fully saturated rings. The lowest BCUT2D eigenvalue weighted by molar-refractivity contribution is 0.0956. The van der Waals surface area contributed by atoms with Gasteiger partial charge in [0.25, 0.3) is 11.5 Å². The number of nitrogens with zero attached hydrogens (tertiary/aromatic N) is 2. The molecule has 0 aliphatic heterocycles. The Hall–Kier alpha value is -2.00. The molecule has 21 heavy (non-hydrogen) atoms. The average molecular weight is 327 g/mol. The second-order valence-electron chi connectivity index (χ2n) is 4.38. The van der Waals surface area contributed by atoms with Crippen molar-refractivity contribution in [2.75, 3.05) is 12.8 Å². The molecule has 0 radical (unpaired) electrons. The minimum absolute atomic E-state index is 0.0106. The van der Waals surface area contributed by atoms with Gasteiger partial charge in [-0.15, -0.1) is 11.3 Å². The van der Waals surface area contributed by atoms with Crippen molar-refractivity contribution in [1.29, 1.82) is 0 Å². The van der Waals surface area contributed by atoms with Crippen molar-refractivity contribution in [3.8, 4) is 0 Å². The Morgan fingerprint density at radius 2 is 2.24 bits per heavy atom. The van der Waals surface area contributed by atoms with Gasteiger partial charge in [0.05, 0.1) is 0 Å². The van der Waals surface area contributed by atoms with Gasteiger partial charge in [-0.25, -0.2) is 13.4 Å². The summed E-state index contributed by atoms with van der Waals surface area (Å²) in [5.41, 5.74) is -0.535. The van der Waals surface area contributed by atoms with Crippen molar-refractivity contribution in [2.45, 2.75) is 6.92 Å². The molecule has 0 saturated heterocycles. The molecule has 0 aliphatic carbocycles. The number of hydrogen-bond acceptors (Lipinski definition) is 6. The Bertz CT molecular complexity index is 878. The van der Waals surface area contributed by atoms with Gasteiger partial charge in [-0.2, -0.15) is 0 Å². The van der Waals surface area contributed by atoms with Crippen molar-refractivity contribution in [3.05, 3.63) is 44.7 Å². The highest BCUT2D eigenvalue weighted by Crippen LogP contribution is 2.12. The maximum absolute atomic E-state index is 12.1. The van der Waals surface area contributed by atoms with Gasteiger partial charge >= 0.3 is 0 Å². The van der Waals surface area contributed by atoms with E-state index in [4.69, 9.17) is 0 Å². The lowest BCUT2D eigenvalue weighted by Crippen LogP contribution is -2.31. The molecule has 0 spiro atoms. The number of aryl methyl sites for hydroxylation is 1. The van der Waals surface area contributed by atoms with Crippen LogP contribution in [0.2, 0.25) is 0 Å². The average Bonchev–Trinajstić information content (AvgIpc) is 2.75. The van der Waals surface area contributed by atoms with Gasteiger partial charge in [0.1, 0.15) is 5.56 Å². The molecule has 0 saturated carbocycles. The standard InChI is InChI=1S/C12H13N3O4S2/c1-8-7-15-11(17)9(6-14-12(15)20-8)10(16)13-4-3-5-21(2,18)19/h3,5-7H,4H2,1-2H3,(H,13,16). The molecule has 7 nitrogen and oxygen atoms in total. The summed E-state index contributed by atoms with van der Waals surface area (Å²) in [5, 5.41) is 3.43. The smallest absolute Gasteiger partial charge is 0.271 e. The second kappa shape index (κ2) is 5.78. The molecule has 2 heterocycles. The number of rotatable bonds is 4. The highest BCUT2D eigenvalue weighted by atomic mass is 32.2. The molecule has 0 unspecified atom stereocenters. The topological polar surface area (TPSA) is 97.6 Å². The van der Waals surface area contributed by atoms with Gasteiger partial charge in [0.2, 0.25) is 0 Å². The monoisotopic (exact) mass is 327 g/mol. The molecule has 1 N–H and O–H groups in total. The van der Waals surface area contributed by atoms with Gasteiger partial charge in [0.15, 0.2) is 14.8 Å². The predicted octanol–water partition coefficient (Wildman–Crippen LogP) is 0.353. The summed E-state index contributed by atoms with van der Waals surface area (Å²) in [6.07, 6.45) is 5.19. The molecular weight excluding hydrogens is 314 g/mol. The molecule has 2 rings (SSSR count). The second-order valence-corrected chi connectivity index (χ2v) is 7.53. The fourth-order valence-electron chi connectivity index (χ4n) is 1.62. The van der Waals surface area contributed by atoms with Crippen LogP contribution in [-0.4, -0.2) is 36.5 Å². The maximum atomic E-state index is 12.1. The first-order valence-corrected chi connectivity index (χ1v) is 8.67. The molecule has 0 aromatic carbocycles. The van der Waals surface area contributed by atoms with Gasteiger partial charge < -0.3 is 5.32 Å². The summed E-state index contributed by atoms with van der Waals surface area (Å²) in [5.74, 6) is -0.594. The molecule has 9 heteroatoms. The number of carbonyl (C=O) groups excluding carboxylic acids is 1. The van der Waals surface area contributed by atoms with Crippen molar-refractivity contribution >= 4 is 32.0 Å². The summed E-state index contributed by atoms with van der Waals surface area (Å²) >= 11 is 1.35. The van der Waals surface area contributed by atoms with E-state index in [0.717, 1.165) is 16.5 Å². The van der Waals surface area contributed by atoms with Crippen molar-refractivity contribution in [2.24, 2.45) is 0 Å². The predicted molar refractivity (Wildman–Crippen MR) is 80.4 cm³/mol. The van der Waals surface area contributed by atoms with E-state index in [1.807, 2.05) is 6.92 Å². The van der Waals surface area contributed by atoms with Crippen LogP contribution in [0.3, 0.4) is 0 Å². The van der Waals surface area contributed by atoms with Gasteiger partial charge in [-0.3, -0.25) is 14.0 Å². The Morgan fingerprint density at radius 3 is 2.90 bits per heavy atom. The maximum Gasteiger partial charge on any atom is 0.271 e. The molecule has 2 aromatic heterocycles. The van der Waals surface area contributed by atoms with Crippen molar-refractivity contribution in [1.82, 2.24) is 14.7 Å². The van der Waals surface area contributed by atoms with Crippen LogP contribution in [0.5, 0.6) is 0 Å². The van der Waals surface area contributed by atoms with Crippen LogP contribution < -0.4 is 10.9 Å². The number of carbonyl (C=O) groups is 1. The quantitative estimate of drug-likeness (QED) is 0.874. The third kappa shape index (κ3) is 3.76. The number of amides is 1. The van der Waals surface area contributed by atoms with Crippen molar-refractivity contribution in [3.63, 3.8) is 0 Å². The molecule has 2 aromatic rings. The first kappa shape index (κ1) is 15.4. The Morgan fingerprint density at radius 1 is 1.52 bits per heavy atom. The van der Waals surface area contributed by atoms with Gasteiger partial charge in [-0.1, -0.05) is 6.08 Å². The molecular formula is C12H13N3O4S2. The molecule has 1 amide bonds. The highest BCUT2D eigenvalue weighted by molar-refractivity contribution is 7.93. The van der Waals surface area contributed by atoms with E-state index in [9.17, 15) is 18.0 Å². The lowest BCUT2D eigenvalue weighted by Gasteiger charge is -2.01. The summed E-state index contributed by atoms with van der Waals surface area (Å²) in [6.45, 7) is 1.85. The number of nitrogens with one attached hydrogen (secondary N) is 1. The molecule has 112 valence electrons. The number of thiazole rings is 1. The minimum atomic E-state index is -3.23. The Balaban J connectivity index is 2.18. The zero-order valence-electron chi connectivity index (χ0n) is 11.4. The minimum Gasteiger partial charge on any atom is -0.348 e. The normalized spacial score (nSPS) is 12.1. The number of hydrogen-bond donors (Lipinski definition) is 1. The molecule has 0 atom stereocenters. The van der Waals surface area contributed by atoms with Crippen molar-refractivity contribution < 1.29 is 13.2 Å². The zero-order valence-corrected chi connectivity index (χ0v) is 13.0. The van der Waals surface area contributed by atoms with Gasteiger partial charge in [-0.05, 0) is 6.92 Å². The van der Waals surface area contributed by atoms with E-state index in [0.29, 0.717) is 4.96 Å². The van der Waals surface area contributed by atoms with Crippen LogP contribution >= 0.6 is 11.3 Å². The summed E-state index contributed by atoms with van der Waals surface area (Å²) in [4.78, 5) is 29.5. The number of sulfone groups is 1. The van der Waals surface area contributed by atoms with Crippen LogP contribution in [0.4, 0.5) is 0 Å². The van der Waals surface area contributed by atoms with Crippen LogP contribution in [0, 0.1) is 6.92 Å². The third-order valence-electron chi connectivity index (χ3n) is 2.49. The summed E-state index contributed by atoms with van der Waals surface area (Å²) in [6, 6.07) is 0. The molecule has 0 bridgehead atoms. The van der Waals surface area contributed by atoms with E-state index in [1.54, 1.807) is 6.20 Å². The number of fused-ring (bicyclic) bond motifs is 1. The fraction of sp³-hybridized carbons (Fsp3) is 0.250. The van der Waals surface area contributed by atoms with E-state index in [2.05, 4.69) is 10.3 Å². The largest absolute Gasteiger partial charge is 0.348 e. The molecule has 0 aliphatic rings. The van der Waals surface area contributed by atoms with E-state index in [1.165, 1.54) is 28.0 Å². The SMILES string of the molecule is Cc1cn2c(=O)c(C(=O)NCC=CS(C)(=O)=O)cnc2s1. The van der Waals surface area contributed by atoms with Crippen LogP contribution in [-0.2, 0) is 9.84 Å². The van der Waals surface area contributed by atoms with E-state index >= 15 is 0 Å². The van der Waals surface area contributed by atoms with Crippen LogP contribution in [0.15, 0.2) is 28.7 Å². The first-order valence-electron chi connectivity index (χ1n) is 5.90. The Labute approximate surface area is 124 Å². The zero-order chi connectivity index (χ0) is 15.6. The highest BCUT2D eigenvalue weighted by Gasteiger charge is 2.13. The van der Waals surface area contributed by atoms with E-state index < -0.39 is 21.3 Å². The summed E-state index contributed by atoms with van der Waals surface area (Å²) < 4.78 is 23.1. The van der Waals surface area contributed by atoms with Gasteiger partial charge in [0, 0.05) is 35.5 Å². The lowest BCUT2D eigenvalue weighted by atomic mass is 10.3. The van der Waals surface area contributed by atoms with E-state index in [-0.39, 0.29) is 12.1 Å². The fourth-order valence-corrected chi connectivity index (χ4v) is 2.85. The summed E-state index contributed by atoms with van der Waals surface area (Å²) in [7, 11) is -3.23. The Kier molecular flexibility index (Phi) is 4.24.